The quantitative estimate of drug-likeness (QED) is 0.734. The van der Waals surface area contributed by atoms with Crippen LogP contribution in [0.3, 0.4) is 0 Å². The summed E-state index contributed by atoms with van der Waals surface area (Å²) in [6, 6.07) is 10.7. The van der Waals surface area contributed by atoms with Crippen LogP contribution in [0.5, 0.6) is 0 Å². The van der Waals surface area contributed by atoms with Crippen molar-refractivity contribution in [2.24, 2.45) is 5.92 Å². The van der Waals surface area contributed by atoms with Gasteiger partial charge in [-0.3, -0.25) is 0 Å². The molecular formula is C12H16O. The first-order chi connectivity index (χ1) is 6.40. The van der Waals surface area contributed by atoms with E-state index >= 15 is 0 Å². The molecular weight excluding hydrogens is 160 g/mol. The Labute approximate surface area is 79.4 Å². The smallest absolute Gasteiger partial charge is 0.0459 e. The maximum Gasteiger partial charge on any atom is 0.0459 e. The van der Waals surface area contributed by atoms with E-state index in [4.69, 9.17) is 5.11 Å². The monoisotopic (exact) mass is 176 g/mol. The maximum absolute atomic E-state index is 9.03. The number of aliphatic hydroxyl groups is 1. The third-order valence-corrected chi connectivity index (χ3v) is 3.07. The minimum absolute atomic E-state index is 0.364. The minimum atomic E-state index is 0.364. The molecule has 2 unspecified atom stereocenters. The molecule has 1 N–H and O–H groups in total. The SMILES string of the molecule is OCC1CCC(c2ccccc2)C1. The van der Waals surface area contributed by atoms with Crippen molar-refractivity contribution in [2.45, 2.75) is 25.2 Å². The van der Waals surface area contributed by atoms with Crippen LogP contribution in [0, 0.1) is 5.92 Å². The molecule has 1 aliphatic carbocycles. The van der Waals surface area contributed by atoms with Gasteiger partial charge in [-0.1, -0.05) is 30.3 Å². The number of rotatable bonds is 2. The molecule has 1 aliphatic rings. The van der Waals surface area contributed by atoms with Crippen molar-refractivity contribution in [1.82, 2.24) is 0 Å². The Kier molecular flexibility index (Phi) is 2.65. The van der Waals surface area contributed by atoms with E-state index in [2.05, 4.69) is 30.3 Å². The summed E-state index contributed by atoms with van der Waals surface area (Å²) in [5.74, 6) is 1.24. The molecule has 1 heteroatoms. The molecule has 0 aromatic heterocycles. The Bertz CT molecular complexity index is 255. The van der Waals surface area contributed by atoms with Gasteiger partial charge in [0.25, 0.3) is 0 Å². The summed E-state index contributed by atoms with van der Waals surface area (Å²) in [6.45, 7) is 0.364. The standard InChI is InChI=1S/C12H16O/c13-9-10-6-7-12(8-10)11-4-2-1-3-5-11/h1-5,10,12-13H,6-9H2. The Balaban J connectivity index is 2.04. The summed E-state index contributed by atoms with van der Waals surface area (Å²) in [4.78, 5) is 0. The lowest BCUT2D eigenvalue weighted by molar-refractivity contribution is 0.229. The summed E-state index contributed by atoms with van der Waals surface area (Å²) < 4.78 is 0. The van der Waals surface area contributed by atoms with Crippen LogP contribution in [0.15, 0.2) is 30.3 Å². The number of benzene rings is 1. The highest BCUT2D eigenvalue weighted by atomic mass is 16.3. The molecule has 0 saturated heterocycles. The van der Waals surface area contributed by atoms with Crippen molar-refractivity contribution in [1.29, 1.82) is 0 Å². The van der Waals surface area contributed by atoms with Gasteiger partial charge in [-0.2, -0.15) is 0 Å². The minimum Gasteiger partial charge on any atom is -0.396 e. The molecule has 0 radical (unpaired) electrons. The van der Waals surface area contributed by atoms with Gasteiger partial charge in [-0.25, -0.2) is 0 Å². The molecule has 2 atom stereocenters. The molecule has 2 rings (SSSR count). The topological polar surface area (TPSA) is 20.2 Å². The lowest BCUT2D eigenvalue weighted by atomic mass is 9.97. The van der Waals surface area contributed by atoms with Gasteiger partial charge in [-0.15, -0.1) is 0 Å². The van der Waals surface area contributed by atoms with E-state index in [9.17, 15) is 0 Å². The van der Waals surface area contributed by atoms with E-state index in [1.807, 2.05) is 0 Å². The van der Waals surface area contributed by atoms with Crippen molar-refractivity contribution >= 4 is 0 Å². The highest BCUT2D eigenvalue weighted by Gasteiger charge is 2.24. The highest BCUT2D eigenvalue weighted by molar-refractivity contribution is 5.20. The van der Waals surface area contributed by atoms with E-state index in [-0.39, 0.29) is 0 Å². The zero-order chi connectivity index (χ0) is 9.10. The van der Waals surface area contributed by atoms with Gasteiger partial charge in [0.2, 0.25) is 0 Å². The first-order valence-corrected chi connectivity index (χ1v) is 5.06. The number of hydrogen-bond donors (Lipinski definition) is 1. The Morgan fingerprint density at radius 3 is 2.54 bits per heavy atom. The van der Waals surface area contributed by atoms with Gasteiger partial charge in [-0.05, 0) is 36.7 Å². The third-order valence-electron chi connectivity index (χ3n) is 3.07. The predicted octanol–water partition coefficient (Wildman–Crippen LogP) is 2.56. The fraction of sp³-hybridized carbons (Fsp3) is 0.500. The molecule has 1 nitrogen and oxygen atoms in total. The van der Waals surface area contributed by atoms with Crippen molar-refractivity contribution < 1.29 is 5.11 Å². The molecule has 0 amide bonds. The molecule has 0 bridgehead atoms. The second-order valence-electron chi connectivity index (χ2n) is 3.97. The summed E-state index contributed by atoms with van der Waals surface area (Å²) in [5.41, 5.74) is 1.44. The average molecular weight is 176 g/mol. The van der Waals surface area contributed by atoms with Crippen LogP contribution in [0.2, 0.25) is 0 Å². The van der Waals surface area contributed by atoms with Crippen LogP contribution >= 0.6 is 0 Å². The van der Waals surface area contributed by atoms with Crippen molar-refractivity contribution in [3.8, 4) is 0 Å². The molecule has 0 spiro atoms. The van der Waals surface area contributed by atoms with Gasteiger partial charge in [0, 0.05) is 6.61 Å². The molecule has 13 heavy (non-hydrogen) atoms. The molecule has 0 aliphatic heterocycles. The van der Waals surface area contributed by atoms with Crippen molar-refractivity contribution in [3.05, 3.63) is 35.9 Å². The summed E-state index contributed by atoms with van der Waals surface area (Å²) in [6.07, 6.45) is 3.60. The fourth-order valence-corrected chi connectivity index (χ4v) is 2.27. The van der Waals surface area contributed by atoms with E-state index in [1.54, 1.807) is 0 Å². The van der Waals surface area contributed by atoms with Crippen LogP contribution in [0.25, 0.3) is 0 Å². The molecule has 1 aromatic carbocycles. The molecule has 1 saturated carbocycles. The predicted molar refractivity (Wildman–Crippen MR) is 53.6 cm³/mol. The largest absolute Gasteiger partial charge is 0.396 e. The normalized spacial score (nSPS) is 27.8. The zero-order valence-electron chi connectivity index (χ0n) is 7.82. The lowest BCUT2D eigenvalue weighted by Crippen LogP contribution is -2.00. The summed E-state index contributed by atoms with van der Waals surface area (Å²) in [7, 11) is 0. The second kappa shape index (κ2) is 3.93. The van der Waals surface area contributed by atoms with Crippen molar-refractivity contribution in [2.75, 3.05) is 6.61 Å². The first kappa shape index (κ1) is 8.76. The number of aliphatic hydroxyl groups excluding tert-OH is 1. The average Bonchev–Trinajstić information content (AvgIpc) is 2.67. The van der Waals surface area contributed by atoms with E-state index < -0.39 is 0 Å². The molecule has 0 heterocycles. The fourth-order valence-electron chi connectivity index (χ4n) is 2.27. The molecule has 1 aromatic rings. The van der Waals surface area contributed by atoms with Gasteiger partial charge in [0.1, 0.15) is 0 Å². The zero-order valence-corrected chi connectivity index (χ0v) is 7.82. The van der Waals surface area contributed by atoms with Crippen LogP contribution in [0.1, 0.15) is 30.7 Å². The third kappa shape index (κ3) is 1.92. The Hall–Kier alpha value is -0.820. The second-order valence-corrected chi connectivity index (χ2v) is 3.97. The van der Waals surface area contributed by atoms with Gasteiger partial charge < -0.3 is 5.11 Å². The first-order valence-electron chi connectivity index (χ1n) is 5.06. The summed E-state index contributed by atoms with van der Waals surface area (Å²) >= 11 is 0. The van der Waals surface area contributed by atoms with Gasteiger partial charge in [0.05, 0.1) is 0 Å². The van der Waals surface area contributed by atoms with E-state index in [1.165, 1.54) is 24.8 Å². The molecule has 70 valence electrons. The van der Waals surface area contributed by atoms with E-state index in [0.717, 1.165) is 0 Å². The maximum atomic E-state index is 9.03. The highest BCUT2D eigenvalue weighted by Crippen LogP contribution is 2.37. The Morgan fingerprint density at radius 2 is 1.92 bits per heavy atom. The van der Waals surface area contributed by atoms with E-state index in [0.29, 0.717) is 18.4 Å². The van der Waals surface area contributed by atoms with Gasteiger partial charge in [0.15, 0.2) is 0 Å². The van der Waals surface area contributed by atoms with Crippen LogP contribution in [-0.4, -0.2) is 11.7 Å². The van der Waals surface area contributed by atoms with Gasteiger partial charge >= 0.3 is 0 Å². The van der Waals surface area contributed by atoms with Crippen LogP contribution < -0.4 is 0 Å². The summed E-state index contributed by atoms with van der Waals surface area (Å²) in [5, 5.41) is 9.03. The van der Waals surface area contributed by atoms with Crippen LogP contribution in [0.4, 0.5) is 0 Å². The molecule has 1 fully saturated rings. The number of hydrogen-bond acceptors (Lipinski definition) is 1. The lowest BCUT2D eigenvalue weighted by Gasteiger charge is -2.09. The van der Waals surface area contributed by atoms with Crippen LogP contribution in [-0.2, 0) is 0 Å². The Morgan fingerprint density at radius 1 is 1.15 bits per heavy atom. The van der Waals surface area contributed by atoms with Crippen molar-refractivity contribution in [3.63, 3.8) is 0 Å².